The molecule has 0 bridgehead atoms. The van der Waals surface area contributed by atoms with Crippen LogP contribution in [0.15, 0.2) is 48.7 Å². The first-order valence-corrected chi connectivity index (χ1v) is 10.9. The van der Waals surface area contributed by atoms with E-state index in [2.05, 4.69) is 83.3 Å². The maximum atomic E-state index is 5.91. The molecule has 3 nitrogen and oxygen atoms in total. The summed E-state index contributed by atoms with van der Waals surface area (Å²) in [5.74, 6) is 1.51. The average Bonchev–Trinajstić information content (AvgIpc) is 3.13. The van der Waals surface area contributed by atoms with Crippen molar-refractivity contribution < 1.29 is 4.74 Å². The minimum atomic E-state index is 0.179. The Morgan fingerprint density at radius 3 is 2.28 bits per heavy atom. The number of benzene rings is 2. The van der Waals surface area contributed by atoms with Crippen LogP contribution in [0.4, 0.5) is 0 Å². The van der Waals surface area contributed by atoms with Gasteiger partial charge in [0.2, 0.25) is 0 Å². The first-order valence-electron chi connectivity index (χ1n) is 10.9. The van der Waals surface area contributed by atoms with E-state index in [1.807, 2.05) is 11.6 Å². The molecule has 3 aromatic rings. The van der Waals surface area contributed by atoms with Gasteiger partial charge in [-0.3, -0.25) is 0 Å². The van der Waals surface area contributed by atoms with Crippen LogP contribution in [-0.2, 0) is 0 Å². The second kappa shape index (κ2) is 9.30. The summed E-state index contributed by atoms with van der Waals surface area (Å²) in [5.41, 5.74) is 7.19. The number of hydrogen-bond acceptors (Lipinski definition) is 2. The lowest BCUT2D eigenvalue weighted by atomic mass is 9.89. The minimum absolute atomic E-state index is 0.179. The van der Waals surface area contributed by atoms with Crippen molar-refractivity contribution in [3.63, 3.8) is 0 Å². The highest BCUT2D eigenvalue weighted by atomic mass is 16.5. The van der Waals surface area contributed by atoms with Crippen LogP contribution in [0.1, 0.15) is 69.7 Å². The highest BCUT2D eigenvalue weighted by Gasteiger charge is 2.16. The Kier molecular flexibility index (Phi) is 6.79. The van der Waals surface area contributed by atoms with Gasteiger partial charge in [0.15, 0.2) is 0 Å². The number of ether oxygens (including phenoxy) is 1. The van der Waals surface area contributed by atoms with Gasteiger partial charge in [0, 0.05) is 6.20 Å². The number of nitrogens with zero attached hydrogens (tertiary/aromatic N) is 2. The van der Waals surface area contributed by atoms with Crippen LogP contribution in [0.3, 0.4) is 0 Å². The van der Waals surface area contributed by atoms with Crippen LogP contribution >= 0.6 is 0 Å². The molecule has 1 aromatic heterocycles. The summed E-state index contributed by atoms with van der Waals surface area (Å²) in [6.45, 7) is 12.8. The summed E-state index contributed by atoms with van der Waals surface area (Å²) in [4.78, 5) is 0. The Morgan fingerprint density at radius 1 is 0.966 bits per heavy atom. The molecule has 0 radical (unpaired) electrons. The van der Waals surface area contributed by atoms with Gasteiger partial charge in [0.1, 0.15) is 5.75 Å². The highest BCUT2D eigenvalue weighted by Crippen LogP contribution is 2.34. The zero-order valence-electron chi connectivity index (χ0n) is 18.7. The normalized spacial score (nSPS) is 12.4. The second-order valence-corrected chi connectivity index (χ2v) is 8.22. The van der Waals surface area contributed by atoms with Crippen LogP contribution in [0.5, 0.6) is 5.75 Å². The third-order valence-electron chi connectivity index (χ3n) is 5.44. The second-order valence-electron chi connectivity index (χ2n) is 8.22. The summed E-state index contributed by atoms with van der Waals surface area (Å²) < 4.78 is 7.95. The molecule has 0 spiro atoms. The predicted octanol–water partition coefficient (Wildman–Crippen LogP) is 7.24. The van der Waals surface area contributed by atoms with Crippen LogP contribution in [0, 0.1) is 13.8 Å². The SMILES string of the molecule is CCCC(CC)c1ccc(-c2ccc(OC(C)C)c(C)c2)cc1-n1ccc(C)n1. The molecule has 3 heteroatoms. The zero-order chi connectivity index (χ0) is 21.0. The smallest absolute Gasteiger partial charge is 0.122 e. The lowest BCUT2D eigenvalue weighted by Crippen LogP contribution is -2.07. The fourth-order valence-corrected chi connectivity index (χ4v) is 3.96. The van der Waals surface area contributed by atoms with Crippen LogP contribution in [-0.4, -0.2) is 15.9 Å². The molecular weight excluding hydrogens is 356 g/mol. The van der Waals surface area contributed by atoms with E-state index < -0.39 is 0 Å². The largest absolute Gasteiger partial charge is 0.491 e. The van der Waals surface area contributed by atoms with Gasteiger partial charge in [0.25, 0.3) is 0 Å². The van der Waals surface area contributed by atoms with Crippen molar-refractivity contribution in [3.05, 3.63) is 65.5 Å². The Morgan fingerprint density at radius 2 is 1.69 bits per heavy atom. The van der Waals surface area contributed by atoms with E-state index in [0.29, 0.717) is 5.92 Å². The molecule has 0 amide bonds. The minimum Gasteiger partial charge on any atom is -0.491 e. The maximum Gasteiger partial charge on any atom is 0.122 e. The first kappa shape index (κ1) is 21.2. The summed E-state index contributed by atoms with van der Waals surface area (Å²) in [6.07, 6.45) is 5.78. The lowest BCUT2D eigenvalue weighted by Gasteiger charge is -2.20. The Bertz CT molecular complexity index is 955. The number of rotatable bonds is 8. The molecular formula is C26H34N2O. The molecule has 2 aromatic carbocycles. The van der Waals surface area contributed by atoms with Crippen molar-refractivity contribution in [2.24, 2.45) is 0 Å². The molecule has 1 atom stereocenters. The van der Waals surface area contributed by atoms with Crippen molar-refractivity contribution >= 4 is 0 Å². The van der Waals surface area contributed by atoms with Gasteiger partial charge >= 0.3 is 0 Å². The van der Waals surface area contributed by atoms with Crippen LogP contribution in [0.25, 0.3) is 16.8 Å². The molecule has 0 N–H and O–H groups in total. The first-order chi connectivity index (χ1) is 13.9. The standard InChI is InChI=1S/C26H34N2O/c1-7-9-21(8-2)24-12-10-23(17-25(24)28-15-14-20(6)27-28)22-11-13-26(19(5)16-22)29-18(3)4/h10-18,21H,7-9H2,1-6H3. The van der Waals surface area contributed by atoms with Crippen molar-refractivity contribution in [1.29, 1.82) is 0 Å². The van der Waals surface area contributed by atoms with Gasteiger partial charge in [-0.1, -0.05) is 38.5 Å². The third-order valence-corrected chi connectivity index (χ3v) is 5.44. The average molecular weight is 391 g/mol. The van der Waals surface area contributed by atoms with E-state index in [-0.39, 0.29) is 6.10 Å². The summed E-state index contributed by atoms with van der Waals surface area (Å²) in [5, 5.41) is 4.71. The van der Waals surface area contributed by atoms with E-state index in [4.69, 9.17) is 9.84 Å². The molecule has 0 fully saturated rings. The van der Waals surface area contributed by atoms with Crippen molar-refractivity contribution in [1.82, 2.24) is 9.78 Å². The summed E-state index contributed by atoms with van der Waals surface area (Å²) in [7, 11) is 0. The van der Waals surface area contributed by atoms with Crippen molar-refractivity contribution in [2.75, 3.05) is 0 Å². The fourth-order valence-electron chi connectivity index (χ4n) is 3.96. The van der Waals surface area contributed by atoms with E-state index in [1.54, 1.807) is 0 Å². The topological polar surface area (TPSA) is 27.1 Å². The van der Waals surface area contributed by atoms with Gasteiger partial charge in [0.05, 0.1) is 17.5 Å². The predicted molar refractivity (Wildman–Crippen MR) is 122 cm³/mol. The molecule has 3 rings (SSSR count). The van der Waals surface area contributed by atoms with Gasteiger partial charge in [-0.05, 0) is 93.0 Å². The molecule has 1 heterocycles. The van der Waals surface area contributed by atoms with Gasteiger partial charge in [-0.25, -0.2) is 4.68 Å². The number of aromatic nitrogens is 2. The van der Waals surface area contributed by atoms with Gasteiger partial charge < -0.3 is 4.74 Å². The summed E-state index contributed by atoms with van der Waals surface area (Å²) >= 11 is 0. The van der Waals surface area contributed by atoms with Gasteiger partial charge in [-0.2, -0.15) is 5.10 Å². The molecule has 0 saturated carbocycles. The quantitative estimate of drug-likeness (QED) is 0.405. The fraction of sp³-hybridized carbons (Fsp3) is 0.423. The Balaban J connectivity index is 2.06. The van der Waals surface area contributed by atoms with Crippen molar-refractivity contribution in [2.45, 2.75) is 72.8 Å². The zero-order valence-corrected chi connectivity index (χ0v) is 18.7. The Hall–Kier alpha value is -2.55. The van der Waals surface area contributed by atoms with E-state index in [9.17, 15) is 0 Å². The lowest BCUT2D eigenvalue weighted by molar-refractivity contribution is 0.241. The van der Waals surface area contributed by atoms with E-state index in [0.717, 1.165) is 23.4 Å². The molecule has 29 heavy (non-hydrogen) atoms. The van der Waals surface area contributed by atoms with E-state index >= 15 is 0 Å². The maximum absolute atomic E-state index is 5.91. The van der Waals surface area contributed by atoms with Crippen LogP contribution in [0.2, 0.25) is 0 Å². The van der Waals surface area contributed by atoms with E-state index in [1.165, 1.54) is 35.2 Å². The number of hydrogen-bond donors (Lipinski definition) is 0. The highest BCUT2D eigenvalue weighted by molar-refractivity contribution is 5.69. The third kappa shape index (κ3) is 4.90. The molecule has 0 aliphatic carbocycles. The van der Waals surface area contributed by atoms with Gasteiger partial charge in [-0.15, -0.1) is 0 Å². The monoisotopic (exact) mass is 390 g/mol. The number of aryl methyl sites for hydroxylation is 2. The molecule has 0 aliphatic heterocycles. The molecule has 1 unspecified atom stereocenters. The molecule has 0 saturated heterocycles. The van der Waals surface area contributed by atoms with Crippen molar-refractivity contribution in [3.8, 4) is 22.6 Å². The summed E-state index contributed by atoms with van der Waals surface area (Å²) in [6, 6.07) is 15.4. The molecule has 0 aliphatic rings. The molecule has 154 valence electrons. The Labute approximate surface area is 175 Å². The van der Waals surface area contributed by atoms with Crippen LogP contribution < -0.4 is 4.74 Å².